The van der Waals surface area contributed by atoms with Crippen LogP contribution in [0.15, 0.2) is 18.2 Å². The van der Waals surface area contributed by atoms with E-state index in [-0.39, 0.29) is 0 Å². The van der Waals surface area contributed by atoms with Gasteiger partial charge in [0, 0.05) is 6.42 Å². The second-order valence-electron chi connectivity index (χ2n) is 5.27. The van der Waals surface area contributed by atoms with E-state index in [1.54, 1.807) is 0 Å². The van der Waals surface area contributed by atoms with E-state index in [0.717, 1.165) is 37.9 Å². The number of aliphatic hydroxyl groups is 1. The summed E-state index contributed by atoms with van der Waals surface area (Å²) in [5, 5.41) is 9.99. The lowest BCUT2D eigenvalue weighted by Crippen LogP contribution is -2.21. The summed E-state index contributed by atoms with van der Waals surface area (Å²) < 4.78 is 5.93. The molecule has 16 heavy (non-hydrogen) atoms. The first-order chi connectivity index (χ1) is 7.66. The quantitative estimate of drug-likeness (QED) is 0.826. The topological polar surface area (TPSA) is 29.5 Å². The minimum Gasteiger partial charge on any atom is -0.490 e. The third-order valence-corrected chi connectivity index (χ3v) is 3.66. The molecule has 1 N–H and O–H groups in total. The van der Waals surface area contributed by atoms with Crippen molar-refractivity contribution in [1.29, 1.82) is 0 Å². The molecule has 1 fully saturated rings. The molecule has 1 aliphatic heterocycles. The van der Waals surface area contributed by atoms with E-state index in [1.807, 2.05) is 0 Å². The van der Waals surface area contributed by atoms with Crippen LogP contribution in [0.2, 0.25) is 0 Å². The SMILES string of the molecule is CC1CCc2cccc(CC3(O)CC3)c2O1. The standard InChI is InChI=1S/C14H18O2/c1-10-5-6-11-3-2-4-12(13(11)16-10)9-14(15)7-8-14/h2-4,10,15H,5-9H2,1H3. The van der Waals surface area contributed by atoms with Crippen molar-refractivity contribution in [3.8, 4) is 5.75 Å². The van der Waals surface area contributed by atoms with Crippen molar-refractivity contribution < 1.29 is 9.84 Å². The van der Waals surface area contributed by atoms with Gasteiger partial charge in [0.15, 0.2) is 0 Å². The summed E-state index contributed by atoms with van der Waals surface area (Å²) in [6.07, 6.45) is 5.13. The second-order valence-corrected chi connectivity index (χ2v) is 5.27. The number of hydrogen-bond donors (Lipinski definition) is 1. The van der Waals surface area contributed by atoms with Crippen LogP contribution in [-0.4, -0.2) is 16.8 Å². The predicted molar refractivity (Wildman–Crippen MR) is 62.7 cm³/mol. The maximum Gasteiger partial charge on any atom is 0.126 e. The van der Waals surface area contributed by atoms with Gasteiger partial charge < -0.3 is 9.84 Å². The summed E-state index contributed by atoms with van der Waals surface area (Å²) in [6.45, 7) is 2.12. The second kappa shape index (κ2) is 3.49. The van der Waals surface area contributed by atoms with E-state index in [4.69, 9.17) is 4.74 Å². The van der Waals surface area contributed by atoms with E-state index >= 15 is 0 Å². The lowest BCUT2D eigenvalue weighted by atomic mass is 9.96. The number of hydrogen-bond acceptors (Lipinski definition) is 2. The predicted octanol–water partition coefficient (Wildman–Crippen LogP) is 2.47. The number of fused-ring (bicyclic) bond motifs is 1. The Labute approximate surface area is 96.2 Å². The van der Waals surface area contributed by atoms with Crippen molar-refractivity contribution >= 4 is 0 Å². The minimum absolute atomic E-state index is 0.308. The van der Waals surface area contributed by atoms with Gasteiger partial charge in [-0.1, -0.05) is 18.2 Å². The lowest BCUT2D eigenvalue weighted by Gasteiger charge is -2.26. The molecule has 1 aromatic rings. The Balaban J connectivity index is 1.92. The van der Waals surface area contributed by atoms with Crippen LogP contribution in [-0.2, 0) is 12.8 Å². The minimum atomic E-state index is -0.431. The largest absolute Gasteiger partial charge is 0.490 e. The van der Waals surface area contributed by atoms with Gasteiger partial charge in [-0.15, -0.1) is 0 Å². The maximum atomic E-state index is 9.99. The molecule has 2 aliphatic rings. The number of ether oxygens (including phenoxy) is 1. The summed E-state index contributed by atoms with van der Waals surface area (Å²) in [4.78, 5) is 0. The summed E-state index contributed by atoms with van der Waals surface area (Å²) in [7, 11) is 0. The average molecular weight is 218 g/mol. The zero-order valence-corrected chi connectivity index (χ0v) is 9.70. The van der Waals surface area contributed by atoms with Crippen LogP contribution in [0.4, 0.5) is 0 Å². The molecule has 0 spiro atoms. The molecule has 1 aliphatic carbocycles. The van der Waals surface area contributed by atoms with E-state index in [0.29, 0.717) is 6.10 Å². The van der Waals surface area contributed by atoms with Crippen LogP contribution >= 0.6 is 0 Å². The Hall–Kier alpha value is -1.02. The highest BCUT2D eigenvalue weighted by molar-refractivity contribution is 5.44. The number of benzene rings is 1. The Kier molecular flexibility index (Phi) is 2.21. The van der Waals surface area contributed by atoms with Crippen LogP contribution in [0.25, 0.3) is 0 Å². The van der Waals surface area contributed by atoms with Gasteiger partial charge in [0.05, 0.1) is 11.7 Å². The molecule has 0 aromatic heterocycles. The summed E-state index contributed by atoms with van der Waals surface area (Å²) in [5.41, 5.74) is 2.06. The van der Waals surface area contributed by atoms with E-state index in [1.165, 1.54) is 11.1 Å². The van der Waals surface area contributed by atoms with Crippen LogP contribution in [0.1, 0.15) is 37.3 Å². The molecule has 1 unspecified atom stereocenters. The number of rotatable bonds is 2. The monoisotopic (exact) mass is 218 g/mol. The maximum absolute atomic E-state index is 9.99. The fourth-order valence-electron chi connectivity index (χ4n) is 2.42. The van der Waals surface area contributed by atoms with Gasteiger partial charge >= 0.3 is 0 Å². The third kappa shape index (κ3) is 1.82. The number of para-hydroxylation sites is 1. The molecular formula is C14H18O2. The third-order valence-electron chi connectivity index (χ3n) is 3.66. The molecule has 2 nitrogen and oxygen atoms in total. The van der Waals surface area contributed by atoms with Crippen LogP contribution < -0.4 is 4.74 Å². The molecule has 0 radical (unpaired) electrons. The van der Waals surface area contributed by atoms with Crippen LogP contribution in [0.3, 0.4) is 0 Å². The van der Waals surface area contributed by atoms with E-state index in [2.05, 4.69) is 25.1 Å². The molecule has 2 heteroatoms. The van der Waals surface area contributed by atoms with Crippen LogP contribution in [0.5, 0.6) is 5.75 Å². The first-order valence-corrected chi connectivity index (χ1v) is 6.16. The Morgan fingerprint density at radius 3 is 3.00 bits per heavy atom. The van der Waals surface area contributed by atoms with E-state index < -0.39 is 5.60 Å². The average Bonchev–Trinajstić information content (AvgIpc) is 2.97. The molecule has 1 aromatic carbocycles. The Morgan fingerprint density at radius 2 is 2.25 bits per heavy atom. The van der Waals surface area contributed by atoms with Crippen molar-refractivity contribution in [1.82, 2.24) is 0 Å². The lowest BCUT2D eigenvalue weighted by molar-refractivity contribution is 0.145. The zero-order valence-electron chi connectivity index (χ0n) is 9.70. The van der Waals surface area contributed by atoms with Crippen molar-refractivity contribution in [3.63, 3.8) is 0 Å². The summed E-state index contributed by atoms with van der Waals surface area (Å²) in [5.74, 6) is 1.04. The highest BCUT2D eigenvalue weighted by atomic mass is 16.5. The van der Waals surface area contributed by atoms with Crippen molar-refractivity contribution in [3.05, 3.63) is 29.3 Å². The zero-order chi connectivity index (χ0) is 11.2. The van der Waals surface area contributed by atoms with Gasteiger partial charge in [0.2, 0.25) is 0 Å². The molecule has 1 heterocycles. The first kappa shape index (κ1) is 10.2. The molecule has 0 saturated heterocycles. The van der Waals surface area contributed by atoms with Crippen LogP contribution in [0, 0.1) is 0 Å². The molecule has 0 amide bonds. The fourth-order valence-corrected chi connectivity index (χ4v) is 2.42. The van der Waals surface area contributed by atoms with Gasteiger partial charge in [0.1, 0.15) is 5.75 Å². The smallest absolute Gasteiger partial charge is 0.126 e. The van der Waals surface area contributed by atoms with Gasteiger partial charge in [-0.05, 0) is 43.7 Å². The van der Waals surface area contributed by atoms with Crippen molar-refractivity contribution in [2.75, 3.05) is 0 Å². The van der Waals surface area contributed by atoms with Crippen molar-refractivity contribution in [2.24, 2.45) is 0 Å². The molecular weight excluding hydrogens is 200 g/mol. The summed E-state index contributed by atoms with van der Waals surface area (Å²) >= 11 is 0. The molecule has 1 atom stereocenters. The molecule has 1 saturated carbocycles. The van der Waals surface area contributed by atoms with E-state index in [9.17, 15) is 5.11 Å². The van der Waals surface area contributed by atoms with Gasteiger partial charge in [0.25, 0.3) is 0 Å². The Morgan fingerprint density at radius 1 is 1.44 bits per heavy atom. The number of aryl methyl sites for hydroxylation is 1. The first-order valence-electron chi connectivity index (χ1n) is 6.16. The Bertz CT molecular complexity index is 407. The van der Waals surface area contributed by atoms with Crippen molar-refractivity contribution in [2.45, 2.75) is 50.7 Å². The van der Waals surface area contributed by atoms with Gasteiger partial charge in [-0.3, -0.25) is 0 Å². The highest BCUT2D eigenvalue weighted by Crippen LogP contribution is 2.41. The molecule has 3 rings (SSSR count). The summed E-state index contributed by atoms with van der Waals surface area (Å²) in [6, 6.07) is 6.31. The molecule has 86 valence electrons. The normalized spacial score (nSPS) is 25.8. The fraction of sp³-hybridized carbons (Fsp3) is 0.571. The highest BCUT2D eigenvalue weighted by Gasteiger charge is 2.41. The van der Waals surface area contributed by atoms with Gasteiger partial charge in [-0.2, -0.15) is 0 Å². The molecule has 0 bridgehead atoms. The van der Waals surface area contributed by atoms with Gasteiger partial charge in [-0.25, -0.2) is 0 Å².